The lowest BCUT2D eigenvalue weighted by molar-refractivity contribution is 0.0881. The summed E-state index contributed by atoms with van der Waals surface area (Å²) >= 11 is 0. The van der Waals surface area contributed by atoms with Crippen LogP contribution in [0.1, 0.15) is 10.5 Å². The molecule has 0 aliphatic carbocycles. The van der Waals surface area contributed by atoms with E-state index in [1.807, 2.05) is 30.3 Å². The van der Waals surface area contributed by atoms with Crippen molar-refractivity contribution in [3.63, 3.8) is 0 Å². The molecular formula is C20H26N6O3Si. The number of anilines is 2. The van der Waals surface area contributed by atoms with Gasteiger partial charge in [0.2, 0.25) is 0 Å². The van der Waals surface area contributed by atoms with Gasteiger partial charge in [0.25, 0.3) is 11.5 Å². The lowest BCUT2D eigenvalue weighted by Crippen LogP contribution is -2.23. The number of benzene rings is 1. The van der Waals surface area contributed by atoms with Crippen LogP contribution < -0.4 is 16.6 Å². The largest absolute Gasteiger partial charge is 0.382 e. The second kappa shape index (κ2) is 9.05. The van der Waals surface area contributed by atoms with Crippen molar-refractivity contribution in [3.05, 3.63) is 59.0 Å². The SMILES string of the molecule is C[Si](C)(C)CCOCn1cnc(C(=O)Nc2c(N)nc[nH]c2=O)c1-c1ccccc1. The highest BCUT2D eigenvalue weighted by molar-refractivity contribution is 6.76. The van der Waals surface area contributed by atoms with Crippen LogP contribution in [0.2, 0.25) is 25.7 Å². The number of nitrogens with two attached hydrogens (primary N) is 1. The highest BCUT2D eigenvalue weighted by Gasteiger charge is 2.22. The van der Waals surface area contributed by atoms with Crippen LogP contribution in [0.3, 0.4) is 0 Å². The summed E-state index contributed by atoms with van der Waals surface area (Å²) in [7, 11) is -1.20. The number of ether oxygens (including phenoxy) is 1. The number of amides is 1. The summed E-state index contributed by atoms with van der Waals surface area (Å²) in [6.45, 7) is 7.78. The molecule has 0 atom stereocenters. The van der Waals surface area contributed by atoms with Crippen molar-refractivity contribution in [3.8, 4) is 11.3 Å². The van der Waals surface area contributed by atoms with E-state index in [0.717, 1.165) is 11.6 Å². The molecule has 0 saturated heterocycles. The molecule has 3 rings (SSSR count). The van der Waals surface area contributed by atoms with Crippen molar-refractivity contribution in [2.45, 2.75) is 32.4 Å². The lowest BCUT2D eigenvalue weighted by atomic mass is 10.1. The van der Waals surface area contributed by atoms with Crippen molar-refractivity contribution in [2.75, 3.05) is 17.7 Å². The monoisotopic (exact) mass is 426 g/mol. The average Bonchev–Trinajstić information content (AvgIpc) is 3.12. The fourth-order valence-corrected chi connectivity index (χ4v) is 3.55. The van der Waals surface area contributed by atoms with Gasteiger partial charge in [0.1, 0.15) is 12.4 Å². The first-order chi connectivity index (χ1) is 14.3. The molecule has 0 spiro atoms. The first kappa shape index (κ1) is 21.5. The van der Waals surface area contributed by atoms with E-state index in [0.29, 0.717) is 12.3 Å². The molecule has 0 fully saturated rings. The molecule has 0 bridgehead atoms. The molecule has 1 amide bonds. The molecule has 2 heterocycles. The van der Waals surface area contributed by atoms with E-state index in [4.69, 9.17) is 10.5 Å². The van der Waals surface area contributed by atoms with Crippen LogP contribution in [0.5, 0.6) is 0 Å². The number of aromatic amines is 1. The van der Waals surface area contributed by atoms with Gasteiger partial charge < -0.3 is 25.3 Å². The maximum absolute atomic E-state index is 12.9. The van der Waals surface area contributed by atoms with Gasteiger partial charge in [0, 0.05) is 20.2 Å². The number of hydrogen-bond acceptors (Lipinski definition) is 6. The summed E-state index contributed by atoms with van der Waals surface area (Å²) in [6.07, 6.45) is 2.73. The number of carbonyl (C=O) groups is 1. The maximum Gasteiger partial charge on any atom is 0.276 e. The van der Waals surface area contributed by atoms with Crippen molar-refractivity contribution in [1.29, 1.82) is 0 Å². The molecule has 3 aromatic rings. The normalized spacial score (nSPS) is 11.4. The summed E-state index contributed by atoms with van der Waals surface area (Å²) in [6, 6.07) is 10.5. The van der Waals surface area contributed by atoms with Gasteiger partial charge in [-0.05, 0) is 6.04 Å². The Hall–Kier alpha value is -3.24. The fraction of sp³-hybridized carbons (Fsp3) is 0.300. The molecular weight excluding hydrogens is 400 g/mol. The van der Waals surface area contributed by atoms with E-state index in [1.165, 1.54) is 6.33 Å². The van der Waals surface area contributed by atoms with Gasteiger partial charge in [0.15, 0.2) is 11.5 Å². The number of imidazole rings is 1. The Morgan fingerprint density at radius 3 is 2.63 bits per heavy atom. The molecule has 4 N–H and O–H groups in total. The molecule has 0 aliphatic rings. The van der Waals surface area contributed by atoms with Gasteiger partial charge in [-0.2, -0.15) is 0 Å². The third-order valence-electron chi connectivity index (χ3n) is 4.45. The Kier molecular flexibility index (Phi) is 6.48. The van der Waals surface area contributed by atoms with Gasteiger partial charge in [-0.3, -0.25) is 9.59 Å². The quantitative estimate of drug-likeness (QED) is 0.375. The predicted molar refractivity (Wildman–Crippen MR) is 119 cm³/mol. The Labute approximate surface area is 175 Å². The van der Waals surface area contributed by atoms with E-state index >= 15 is 0 Å². The van der Waals surface area contributed by atoms with Crippen molar-refractivity contribution in [1.82, 2.24) is 19.5 Å². The van der Waals surface area contributed by atoms with Crippen LogP contribution in [-0.2, 0) is 11.5 Å². The maximum atomic E-state index is 12.9. The number of nitrogens with zero attached hydrogens (tertiary/aromatic N) is 3. The molecule has 0 aliphatic heterocycles. The Morgan fingerprint density at radius 2 is 1.97 bits per heavy atom. The fourth-order valence-electron chi connectivity index (χ4n) is 2.79. The van der Waals surface area contributed by atoms with Crippen molar-refractivity contribution in [2.24, 2.45) is 0 Å². The van der Waals surface area contributed by atoms with Gasteiger partial charge in [-0.1, -0.05) is 50.0 Å². The van der Waals surface area contributed by atoms with E-state index in [2.05, 4.69) is 39.9 Å². The molecule has 10 heteroatoms. The minimum Gasteiger partial charge on any atom is -0.382 e. The third kappa shape index (κ3) is 5.22. The number of nitrogens with one attached hydrogen (secondary N) is 2. The second-order valence-electron chi connectivity index (χ2n) is 8.07. The molecule has 0 radical (unpaired) electrons. The Bertz CT molecular complexity index is 1070. The summed E-state index contributed by atoms with van der Waals surface area (Å²) in [5, 5.41) is 2.52. The molecule has 158 valence electrons. The van der Waals surface area contributed by atoms with E-state index < -0.39 is 19.5 Å². The van der Waals surface area contributed by atoms with Crippen molar-refractivity contribution >= 4 is 25.5 Å². The van der Waals surface area contributed by atoms with E-state index in [9.17, 15) is 9.59 Å². The second-order valence-corrected chi connectivity index (χ2v) is 13.7. The minimum atomic E-state index is -1.20. The number of hydrogen-bond donors (Lipinski definition) is 3. The number of H-pyrrole nitrogens is 1. The minimum absolute atomic E-state index is 0.0672. The van der Waals surface area contributed by atoms with Gasteiger partial charge in [0.05, 0.1) is 18.3 Å². The highest BCUT2D eigenvalue weighted by atomic mass is 28.3. The lowest BCUT2D eigenvalue weighted by Gasteiger charge is -2.16. The van der Waals surface area contributed by atoms with Gasteiger partial charge in [-0.25, -0.2) is 9.97 Å². The van der Waals surface area contributed by atoms with Crippen LogP contribution in [0.25, 0.3) is 11.3 Å². The van der Waals surface area contributed by atoms with Gasteiger partial charge >= 0.3 is 0 Å². The van der Waals surface area contributed by atoms with E-state index in [1.54, 1.807) is 10.9 Å². The standard InChI is InChI=1S/C20H26N6O3Si/c1-30(2,3)10-9-29-13-26-12-24-15(17(26)14-7-5-4-6-8-14)20(28)25-16-18(21)22-11-23-19(16)27/h4-8,11-12H,9-10,13H2,1-3H3,(H,25,28)(H3,21,22,23,27). The first-order valence-corrected chi connectivity index (χ1v) is 13.3. The zero-order valence-electron chi connectivity index (χ0n) is 17.3. The van der Waals surface area contributed by atoms with Crippen LogP contribution in [0, 0.1) is 0 Å². The van der Waals surface area contributed by atoms with E-state index in [-0.39, 0.29) is 23.9 Å². The molecule has 0 unspecified atom stereocenters. The van der Waals surface area contributed by atoms with Crippen LogP contribution in [0.15, 0.2) is 47.8 Å². The average molecular weight is 427 g/mol. The predicted octanol–water partition coefficient (Wildman–Crippen LogP) is 2.78. The number of nitrogen functional groups attached to an aromatic ring is 1. The summed E-state index contributed by atoms with van der Waals surface area (Å²) in [5.74, 6) is -0.623. The summed E-state index contributed by atoms with van der Waals surface area (Å²) in [5.41, 5.74) is 6.65. The molecule has 1 aromatic carbocycles. The smallest absolute Gasteiger partial charge is 0.276 e. The zero-order chi connectivity index (χ0) is 21.7. The van der Waals surface area contributed by atoms with Crippen LogP contribution in [-0.4, -0.2) is 40.1 Å². The molecule has 30 heavy (non-hydrogen) atoms. The first-order valence-electron chi connectivity index (χ1n) is 9.59. The number of carbonyl (C=O) groups excluding carboxylic acids is 1. The molecule has 0 saturated carbocycles. The van der Waals surface area contributed by atoms with Crippen LogP contribution in [0.4, 0.5) is 11.5 Å². The number of rotatable bonds is 8. The molecule has 9 nitrogen and oxygen atoms in total. The Morgan fingerprint density at radius 1 is 1.23 bits per heavy atom. The molecule has 2 aromatic heterocycles. The topological polar surface area (TPSA) is 128 Å². The third-order valence-corrected chi connectivity index (χ3v) is 6.15. The van der Waals surface area contributed by atoms with Crippen molar-refractivity contribution < 1.29 is 9.53 Å². The van der Waals surface area contributed by atoms with Crippen LogP contribution >= 0.6 is 0 Å². The summed E-state index contributed by atoms with van der Waals surface area (Å²) in [4.78, 5) is 35.4. The summed E-state index contributed by atoms with van der Waals surface area (Å²) < 4.78 is 7.63. The highest BCUT2D eigenvalue weighted by Crippen LogP contribution is 2.24. The zero-order valence-corrected chi connectivity index (χ0v) is 18.3. The van der Waals surface area contributed by atoms with Gasteiger partial charge in [-0.15, -0.1) is 0 Å². The number of aromatic nitrogens is 4. The Balaban J connectivity index is 1.88.